The van der Waals surface area contributed by atoms with Crippen molar-refractivity contribution in [2.24, 2.45) is 0 Å². The second kappa shape index (κ2) is 5.32. The molecule has 0 aliphatic carbocycles. The summed E-state index contributed by atoms with van der Waals surface area (Å²) in [5.74, 6) is 1.00. The maximum absolute atomic E-state index is 9.39. The van der Waals surface area contributed by atoms with E-state index in [1.54, 1.807) is 6.26 Å². The number of halogens is 1. The summed E-state index contributed by atoms with van der Waals surface area (Å²) < 4.78 is 6.34. The highest BCUT2D eigenvalue weighted by atomic mass is 79.9. The van der Waals surface area contributed by atoms with Crippen molar-refractivity contribution < 1.29 is 9.52 Å². The minimum absolute atomic E-state index is 0.0965. The normalized spacial score (nSPS) is 12.6. The van der Waals surface area contributed by atoms with E-state index in [1.165, 1.54) is 0 Å². The third kappa shape index (κ3) is 2.74. The third-order valence-electron chi connectivity index (χ3n) is 2.59. The molecule has 0 spiro atoms. The van der Waals surface area contributed by atoms with Gasteiger partial charge in [0, 0.05) is 16.8 Å². The summed E-state index contributed by atoms with van der Waals surface area (Å²) >= 11 is 3.40. The van der Waals surface area contributed by atoms with Crippen molar-refractivity contribution in [3.8, 4) is 0 Å². The van der Waals surface area contributed by atoms with Crippen LogP contribution in [0.15, 0.2) is 51.6 Å². The van der Waals surface area contributed by atoms with Gasteiger partial charge in [-0.05, 0) is 29.8 Å². The predicted molar refractivity (Wildman–Crippen MR) is 66.4 cm³/mol. The molecule has 2 aromatic rings. The second-order valence-corrected chi connectivity index (χ2v) is 4.63. The van der Waals surface area contributed by atoms with E-state index < -0.39 is 0 Å². The lowest BCUT2D eigenvalue weighted by atomic mass is 9.95. The van der Waals surface area contributed by atoms with Crippen molar-refractivity contribution in [2.75, 3.05) is 6.61 Å². The van der Waals surface area contributed by atoms with Crippen molar-refractivity contribution in [3.63, 3.8) is 0 Å². The average molecular weight is 281 g/mol. The highest BCUT2D eigenvalue weighted by Crippen LogP contribution is 2.22. The molecule has 0 bridgehead atoms. The Labute approximate surface area is 103 Å². The molecule has 2 nitrogen and oxygen atoms in total. The summed E-state index contributed by atoms with van der Waals surface area (Å²) in [6.45, 7) is 0.127. The van der Waals surface area contributed by atoms with E-state index in [4.69, 9.17) is 4.42 Å². The van der Waals surface area contributed by atoms with Crippen LogP contribution in [-0.4, -0.2) is 11.7 Å². The number of hydrogen-bond acceptors (Lipinski definition) is 2. The SMILES string of the molecule is OCC(Cc1ccco1)c1ccc(Br)cc1. The van der Waals surface area contributed by atoms with Crippen LogP contribution in [0.3, 0.4) is 0 Å². The van der Waals surface area contributed by atoms with E-state index >= 15 is 0 Å². The minimum atomic E-state index is 0.0965. The maximum atomic E-state index is 9.39. The monoisotopic (exact) mass is 280 g/mol. The molecule has 3 heteroatoms. The Balaban J connectivity index is 2.13. The maximum Gasteiger partial charge on any atom is 0.104 e. The van der Waals surface area contributed by atoms with Gasteiger partial charge in [0.2, 0.25) is 0 Å². The Hall–Kier alpha value is -1.06. The molecule has 0 saturated heterocycles. The molecular weight excluding hydrogens is 268 g/mol. The zero-order valence-electron chi connectivity index (χ0n) is 8.77. The molecule has 1 aromatic carbocycles. The van der Waals surface area contributed by atoms with Crippen LogP contribution < -0.4 is 0 Å². The second-order valence-electron chi connectivity index (χ2n) is 3.71. The molecule has 16 heavy (non-hydrogen) atoms. The number of benzene rings is 1. The van der Waals surface area contributed by atoms with Gasteiger partial charge in [-0.25, -0.2) is 0 Å². The van der Waals surface area contributed by atoms with Gasteiger partial charge < -0.3 is 9.52 Å². The standard InChI is InChI=1S/C13H13BrO2/c14-12-5-3-10(4-6-12)11(9-15)8-13-2-1-7-16-13/h1-7,11,15H,8-9H2. The van der Waals surface area contributed by atoms with Gasteiger partial charge in [0.05, 0.1) is 12.9 Å². The summed E-state index contributed by atoms with van der Waals surface area (Å²) in [7, 11) is 0. The number of hydrogen-bond donors (Lipinski definition) is 1. The van der Waals surface area contributed by atoms with Crippen molar-refractivity contribution >= 4 is 15.9 Å². The molecule has 84 valence electrons. The van der Waals surface area contributed by atoms with Crippen molar-refractivity contribution in [3.05, 3.63) is 58.5 Å². The summed E-state index contributed by atoms with van der Waals surface area (Å²) in [6, 6.07) is 11.8. The van der Waals surface area contributed by atoms with E-state index in [2.05, 4.69) is 15.9 Å². The zero-order chi connectivity index (χ0) is 11.4. The Kier molecular flexibility index (Phi) is 3.80. The third-order valence-corrected chi connectivity index (χ3v) is 3.12. The van der Waals surface area contributed by atoms with Crippen LogP contribution in [0.5, 0.6) is 0 Å². The predicted octanol–water partition coefficient (Wildman–Crippen LogP) is 3.36. The highest BCUT2D eigenvalue weighted by Gasteiger charge is 2.12. The van der Waals surface area contributed by atoms with Crippen molar-refractivity contribution in [2.45, 2.75) is 12.3 Å². The fourth-order valence-electron chi connectivity index (χ4n) is 1.69. The van der Waals surface area contributed by atoms with Crippen LogP contribution in [-0.2, 0) is 6.42 Å². The van der Waals surface area contributed by atoms with Crippen molar-refractivity contribution in [1.29, 1.82) is 0 Å². The highest BCUT2D eigenvalue weighted by molar-refractivity contribution is 9.10. The van der Waals surface area contributed by atoms with E-state index in [9.17, 15) is 5.11 Å². The molecule has 1 atom stereocenters. The molecule has 1 N–H and O–H groups in total. The average Bonchev–Trinajstić information content (AvgIpc) is 2.80. The summed E-state index contributed by atoms with van der Waals surface area (Å²) in [4.78, 5) is 0. The first-order valence-electron chi connectivity index (χ1n) is 5.18. The molecule has 0 aliphatic rings. The Bertz CT molecular complexity index is 420. The number of aliphatic hydroxyl groups excluding tert-OH is 1. The Morgan fingerprint density at radius 2 is 1.94 bits per heavy atom. The summed E-state index contributed by atoms with van der Waals surface area (Å²) in [5, 5.41) is 9.39. The first-order valence-corrected chi connectivity index (χ1v) is 5.97. The van der Waals surface area contributed by atoms with Crippen LogP contribution in [0.1, 0.15) is 17.2 Å². The molecule has 0 fully saturated rings. The van der Waals surface area contributed by atoms with Gasteiger partial charge in [0.1, 0.15) is 5.76 Å². The fraction of sp³-hybridized carbons (Fsp3) is 0.231. The van der Waals surface area contributed by atoms with Crippen LogP contribution in [0, 0.1) is 0 Å². The van der Waals surface area contributed by atoms with Gasteiger partial charge in [-0.2, -0.15) is 0 Å². The smallest absolute Gasteiger partial charge is 0.104 e. The molecule has 2 rings (SSSR count). The largest absolute Gasteiger partial charge is 0.469 e. The molecule has 1 heterocycles. The van der Waals surface area contributed by atoms with Gasteiger partial charge >= 0.3 is 0 Å². The van der Waals surface area contributed by atoms with Gasteiger partial charge in [0.25, 0.3) is 0 Å². The van der Waals surface area contributed by atoms with Crippen LogP contribution in [0.25, 0.3) is 0 Å². The number of aliphatic hydroxyl groups is 1. The molecular formula is C13H13BrO2. The molecule has 0 saturated carbocycles. The molecule has 1 unspecified atom stereocenters. The topological polar surface area (TPSA) is 33.4 Å². The number of rotatable bonds is 4. The van der Waals surface area contributed by atoms with Gasteiger partial charge in [-0.3, -0.25) is 0 Å². The molecule has 0 radical (unpaired) electrons. The van der Waals surface area contributed by atoms with Gasteiger partial charge in [0.15, 0.2) is 0 Å². The van der Waals surface area contributed by atoms with E-state index in [0.717, 1.165) is 22.2 Å². The molecule has 0 amide bonds. The quantitative estimate of drug-likeness (QED) is 0.932. The van der Waals surface area contributed by atoms with Gasteiger partial charge in [-0.15, -0.1) is 0 Å². The molecule has 0 aliphatic heterocycles. The van der Waals surface area contributed by atoms with E-state index in [1.807, 2.05) is 36.4 Å². The van der Waals surface area contributed by atoms with Crippen LogP contribution >= 0.6 is 15.9 Å². The zero-order valence-corrected chi connectivity index (χ0v) is 10.4. The minimum Gasteiger partial charge on any atom is -0.469 e. The van der Waals surface area contributed by atoms with Gasteiger partial charge in [-0.1, -0.05) is 28.1 Å². The lowest BCUT2D eigenvalue weighted by Crippen LogP contribution is -2.07. The summed E-state index contributed by atoms with van der Waals surface area (Å²) in [6.07, 6.45) is 2.39. The number of furan rings is 1. The Morgan fingerprint density at radius 1 is 1.19 bits per heavy atom. The van der Waals surface area contributed by atoms with Crippen molar-refractivity contribution in [1.82, 2.24) is 0 Å². The lowest BCUT2D eigenvalue weighted by Gasteiger charge is -2.13. The Morgan fingerprint density at radius 3 is 2.50 bits per heavy atom. The first-order chi connectivity index (χ1) is 7.79. The lowest BCUT2D eigenvalue weighted by molar-refractivity contribution is 0.259. The summed E-state index contributed by atoms with van der Waals surface area (Å²) in [5.41, 5.74) is 1.13. The van der Waals surface area contributed by atoms with E-state index in [-0.39, 0.29) is 12.5 Å². The van der Waals surface area contributed by atoms with Crippen LogP contribution in [0.2, 0.25) is 0 Å². The first kappa shape index (κ1) is 11.4. The van der Waals surface area contributed by atoms with E-state index in [0.29, 0.717) is 0 Å². The van der Waals surface area contributed by atoms with Crippen LogP contribution in [0.4, 0.5) is 0 Å². The fourth-order valence-corrected chi connectivity index (χ4v) is 1.96. The molecule has 1 aromatic heterocycles.